The van der Waals surface area contributed by atoms with Gasteiger partial charge in [0.2, 0.25) is 5.95 Å². The highest BCUT2D eigenvalue weighted by Crippen LogP contribution is 2.45. The summed E-state index contributed by atoms with van der Waals surface area (Å²) in [5, 5.41) is 3.34. The molecule has 4 aromatic rings. The maximum Gasteiger partial charge on any atom is 0.229 e. The molecule has 1 saturated carbocycles. The fourth-order valence-electron chi connectivity index (χ4n) is 4.89. The molecule has 4 heterocycles. The largest absolute Gasteiger partial charge is 0.367 e. The Bertz CT molecular complexity index is 1680. The van der Waals surface area contributed by atoms with Crippen LogP contribution in [0.5, 0.6) is 0 Å². The lowest BCUT2D eigenvalue weighted by Crippen LogP contribution is -2.44. The second-order valence-corrected chi connectivity index (χ2v) is 13.0. The number of aromatic nitrogens is 4. The number of benzene rings is 1. The van der Waals surface area contributed by atoms with E-state index in [9.17, 15) is 4.21 Å². The van der Waals surface area contributed by atoms with E-state index in [1.165, 1.54) is 24.8 Å². The first-order chi connectivity index (χ1) is 18.7. The Hall–Kier alpha value is -3.64. The minimum Gasteiger partial charge on any atom is -0.367 e. The van der Waals surface area contributed by atoms with Crippen molar-refractivity contribution < 1.29 is 13.0 Å². The molecule has 1 saturated heterocycles. The number of fused-ring (bicyclic) bond motifs is 1. The van der Waals surface area contributed by atoms with Crippen LogP contribution >= 0.6 is 0 Å². The molecule has 0 unspecified atom stereocenters. The molecule has 1 N–H and O–H groups in total. The second kappa shape index (κ2) is 9.83. The molecule has 0 radical (unpaired) electrons. The first kappa shape index (κ1) is 25.6. The third kappa shape index (κ3) is 5.30. The molecule has 2 fully saturated rings. The number of anilines is 3. The minimum absolute atomic E-state index is 0.0517. The van der Waals surface area contributed by atoms with E-state index in [-0.39, 0.29) is 28.9 Å². The van der Waals surface area contributed by atoms with Crippen molar-refractivity contribution in [3.8, 4) is 5.82 Å². The van der Waals surface area contributed by atoms with Crippen LogP contribution in [-0.4, -0.2) is 74.4 Å². The molecular formula is C27H30F2N8OS. The molecule has 2 aliphatic rings. The summed E-state index contributed by atoms with van der Waals surface area (Å²) in [5.41, 5.74) is 1.90. The molecule has 1 aromatic carbocycles. The van der Waals surface area contributed by atoms with E-state index >= 15 is 8.78 Å². The van der Waals surface area contributed by atoms with Gasteiger partial charge in [0.15, 0.2) is 17.3 Å². The van der Waals surface area contributed by atoms with E-state index in [1.807, 2.05) is 4.90 Å². The molecule has 0 atom stereocenters. The van der Waals surface area contributed by atoms with Crippen LogP contribution in [0.3, 0.4) is 0 Å². The maximum absolute atomic E-state index is 15.6. The summed E-state index contributed by atoms with van der Waals surface area (Å²) < 4.78 is 48.8. The van der Waals surface area contributed by atoms with Crippen LogP contribution in [-0.2, 0) is 9.73 Å². The van der Waals surface area contributed by atoms with Gasteiger partial charge in [-0.05, 0) is 50.2 Å². The number of halogens is 2. The third-order valence-electron chi connectivity index (χ3n) is 6.96. The van der Waals surface area contributed by atoms with Gasteiger partial charge < -0.3 is 15.1 Å². The monoisotopic (exact) mass is 552 g/mol. The predicted octanol–water partition coefficient (Wildman–Crippen LogP) is 4.83. The quantitative estimate of drug-likeness (QED) is 0.367. The van der Waals surface area contributed by atoms with Crippen molar-refractivity contribution in [1.29, 1.82) is 0 Å². The summed E-state index contributed by atoms with van der Waals surface area (Å²) in [6.07, 6.45) is 6.25. The van der Waals surface area contributed by atoms with Crippen LogP contribution in [0.2, 0.25) is 0 Å². The number of likely N-dealkylation sites (N-methyl/N-ethyl adjacent to an activating group) is 1. The molecule has 39 heavy (non-hydrogen) atoms. The zero-order chi connectivity index (χ0) is 27.3. The maximum atomic E-state index is 15.6. The Morgan fingerprint density at radius 2 is 1.82 bits per heavy atom. The number of hydrogen-bond donors (Lipinski definition) is 1. The smallest absolute Gasteiger partial charge is 0.229 e. The van der Waals surface area contributed by atoms with Gasteiger partial charge in [0.1, 0.15) is 11.6 Å². The highest BCUT2D eigenvalue weighted by molar-refractivity contribution is 7.92. The second-order valence-electron chi connectivity index (χ2n) is 10.4. The van der Waals surface area contributed by atoms with Crippen molar-refractivity contribution in [2.45, 2.75) is 18.8 Å². The van der Waals surface area contributed by atoms with E-state index in [1.54, 1.807) is 34.9 Å². The molecular weight excluding hydrogens is 522 g/mol. The average Bonchev–Trinajstić information content (AvgIpc) is 3.68. The number of rotatable bonds is 6. The summed E-state index contributed by atoms with van der Waals surface area (Å²) in [4.78, 5) is 17.8. The van der Waals surface area contributed by atoms with Crippen LogP contribution in [0.4, 0.5) is 31.9 Å². The van der Waals surface area contributed by atoms with Crippen molar-refractivity contribution >= 4 is 43.9 Å². The number of hydrogen-bond acceptors (Lipinski definition) is 8. The summed E-state index contributed by atoms with van der Waals surface area (Å²) >= 11 is 0. The van der Waals surface area contributed by atoms with Crippen LogP contribution in [0, 0.1) is 11.6 Å². The number of nitrogens with zero attached hydrogens (tertiary/aromatic N) is 7. The Balaban J connectivity index is 1.37. The van der Waals surface area contributed by atoms with Crippen molar-refractivity contribution in [2.24, 2.45) is 4.36 Å². The Labute approximate surface area is 226 Å². The third-order valence-corrected chi connectivity index (χ3v) is 7.58. The molecule has 0 amide bonds. The molecule has 3 aromatic heterocycles. The van der Waals surface area contributed by atoms with Crippen molar-refractivity contribution in [3.05, 3.63) is 59.9 Å². The van der Waals surface area contributed by atoms with Crippen LogP contribution in [0.25, 0.3) is 16.9 Å². The van der Waals surface area contributed by atoms with Gasteiger partial charge in [-0.15, -0.1) is 0 Å². The molecule has 12 heteroatoms. The van der Waals surface area contributed by atoms with E-state index in [0.717, 1.165) is 39.0 Å². The minimum atomic E-state index is -2.43. The predicted molar refractivity (Wildman–Crippen MR) is 150 cm³/mol. The average molecular weight is 553 g/mol. The lowest BCUT2D eigenvalue weighted by atomic mass is 10.2. The zero-order valence-electron chi connectivity index (χ0n) is 22.1. The first-order valence-electron chi connectivity index (χ1n) is 12.9. The van der Waals surface area contributed by atoms with E-state index < -0.39 is 9.73 Å². The standard InChI is InChI=1S/C27H30F2N8OS/c1-35-11-13-36(14-12-35)21-10-9-18(15-20(21)28)31-27-30-16-19-24(29)25(17-7-8-17)37(26(19)33-27)23-6-4-5-22(32-23)34-39(2,3)38/h4-6,9-10,15-17H,7-8,11-14H2,1-3H3,(H,30,31,33). The SMILES string of the molecule is CN1CCN(c2ccc(Nc3ncc4c(F)c(C5CC5)n(-c5cccc(N=S(C)(C)=O)n5)c4n3)cc2F)CC1. The number of piperazine rings is 1. The summed E-state index contributed by atoms with van der Waals surface area (Å²) in [6, 6.07) is 10.1. The lowest BCUT2D eigenvalue weighted by Gasteiger charge is -2.34. The van der Waals surface area contributed by atoms with Crippen LogP contribution in [0.15, 0.2) is 47.0 Å². The fourth-order valence-corrected chi connectivity index (χ4v) is 5.44. The molecule has 9 nitrogen and oxygen atoms in total. The first-order valence-corrected chi connectivity index (χ1v) is 15.2. The topological polar surface area (TPSA) is 91.5 Å². The van der Waals surface area contributed by atoms with E-state index in [4.69, 9.17) is 0 Å². The van der Waals surface area contributed by atoms with Gasteiger partial charge in [-0.25, -0.2) is 23.0 Å². The van der Waals surface area contributed by atoms with Crippen molar-refractivity contribution in [2.75, 3.05) is 56.0 Å². The molecule has 6 rings (SSSR count). The Kier molecular flexibility index (Phi) is 6.46. The van der Waals surface area contributed by atoms with Gasteiger partial charge >= 0.3 is 0 Å². The molecule has 1 aliphatic heterocycles. The summed E-state index contributed by atoms with van der Waals surface area (Å²) in [5.74, 6) is 0.291. The van der Waals surface area contributed by atoms with Gasteiger partial charge in [-0.1, -0.05) is 6.07 Å². The number of nitrogens with one attached hydrogen (secondary N) is 1. The Morgan fingerprint density at radius 1 is 1.05 bits per heavy atom. The highest BCUT2D eigenvalue weighted by Gasteiger charge is 2.34. The van der Waals surface area contributed by atoms with Gasteiger partial charge in [0.25, 0.3) is 0 Å². The summed E-state index contributed by atoms with van der Waals surface area (Å²) in [6.45, 7) is 3.30. The van der Waals surface area contributed by atoms with Gasteiger partial charge in [-0.2, -0.15) is 9.35 Å². The lowest BCUT2D eigenvalue weighted by molar-refractivity contribution is 0.311. The van der Waals surface area contributed by atoms with E-state index in [2.05, 4.69) is 36.6 Å². The normalized spacial score (nSPS) is 16.6. The molecule has 0 spiro atoms. The molecule has 0 bridgehead atoms. The Morgan fingerprint density at radius 3 is 2.51 bits per heavy atom. The highest BCUT2D eigenvalue weighted by atomic mass is 32.2. The summed E-state index contributed by atoms with van der Waals surface area (Å²) in [7, 11) is -0.368. The molecule has 1 aliphatic carbocycles. The van der Waals surface area contributed by atoms with E-state index in [0.29, 0.717) is 34.4 Å². The van der Waals surface area contributed by atoms with Gasteiger partial charge in [-0.3, -0.25) is 4.57 Å². The zero-order valence-corrected chi connectivity index (χ0v) is 22.9. The van der Waals surface area contributed by atoms with Crippen LogP contribution in [0.1, 0.15) is 24.5 Å². The molecule has 204 valence electrons. The fraction of sp³-hybridized carbons (Fsp3) is 0.370. The van der Waals surface area contributed by atoms with Gasteiger partial charge in [0.05, 0.1) is 16.8 Å². The van der Waals surface area contributed by atoms with Gasteiger partial charge in [0, 0.05) is 66.2 Å². The van der Waals surface area contributed by atoms with Crippen LogP contribution < -0.4 is 10.2 Å². The number of pyridine rings is 1. The van der Waals surface area contributed by atoms with Crippen molar-refractivity contribution in [1.82, 2.24) is 24.4 Å². The van der Waals surface area contributed by atoms with Crippen molar-refractivity contribution in [3.63, 3.8) is 0 Å².